The normalized spacial score (nSPS) is 13.2. The number of carbonyl (C=O) groups is 2. The second-order valence-corrected chi connectivity index (χ2v) is 11.5. The Balaban J connectivity index is 1.94. The molecule has 0 fully saturated rings. The number of benzene rings is 2. The molecule has 3 N–H and O–H groups in total. The molecule has 0 aliphatic heterocycles. The number of nitrogens with zero attached hydrogens (tertiary/aromatic N) is 2. The van der Waals surface area contributed by atoms with Gasteiger partial charge in [-0.05, 0) is 79.3 Å². The molecule has 208 valence electrons. The van der Waals surface area contributed by atoms with Gasteiger partial charge in [-0.15, -0.1) is 0 Å². The Hall–Kier alpha value is -3.31. The van der Waals surface area contributed by atoms with Gasteiger partial charge in [-0.2, -0.15) is 4.31 Å². The van der Waals surface area contributed by atoms with Crippen molar-refractivity contribution in [2.45, 2.75) is 50.6 Å². The molecule has 39 heavy (non-hydrogen) atoms. The predicted molar refractivity (Wildman–Crippen MR) is 149 cm³/mol. The van der Waals surface area contributed by atoms with Crippen LogP contribution in [-0.2, 0) is 19.6 Å². The number of hydrogen-bond donors (Lipinski definition) is 3. The van der Waals surface area contributed by atoms with E-state index in [0.717, 1.165) is 22.3 Å². The number of carboxylic acids is 1. The molecule has 11 heteroatoms. The number of sulfonamides is 1. The predicted octanol–water partition coefficient (Wildman–Crippen LogP) is 4.11. The van der Waals surface area contributed by atoms with Crippen LogP contribution in [0.5, 0.6) is 0 Å². The Morgan fingerprint density at radius 1 is 1.13 bits per heavy atom. The van der Waals surface area contributed by atoms with Gasteiger partial charge >= 0.3 is 5.97 Å². The molecule has 1 heterocycles. The Morgan fingerprint density at radius 2 is 1.85 bits per heavy atom. The lowest BCUT2D eigenvalue weighted by atomic mass is 9.98. The van der Waals surface area contributed by atoms with Crippen LogP contribution in [0.15, 0.2) is 65.8 Å². The van der Waals surface area contributed by atoms with Gasteiger partial charge < -0.3 is 15.5 Å². The van der Waals surface area contributed by atoms with Crippen molar-refractivity contribution in [1.82, 2.24) is 14.6 Å². The van der Waals surface area contributed by atoms with Gasteiger partial charge in [-0.25, -0.2) is 13.2 Å². The summed E-state index contributed by atoms with van der Waals surface area (Å²) >= 11 is 6.25. The number of aliphatic hydroxyl groups is 1. The monoisotopic (exact) mass is 573 g/mol. The van der Waals surface area contributed by atoms with Crippen LogP contribution < -0.4 is 5.32 Å². The zero-order valence-corrected chi connectivity index (χ0v) is 23.5. The van der Waals surface area contributed by atoms with Crippen LogP contribution >= 0.6 is 11.6 Å². The average molecular weight is 574 g/mol. The molecule has 0 saturated heterocycles. The van der Waals surface area contributed by atoms with Gasteiger partial charge in [0.2, 0.25) is 15.9 Å². The zero-order valence-electron chi connectivity index (χ0n) is 22.0. The van der Waals surface area contributed by atoms with Crippen LogP contribution in [0.3, 0.4) is 0 Å². The Morgan fingerprint density at radius 3 is 2.51 bits per heavy atom. The summed E-state index contributed by atoms with van der Waals surface area (Å²) in [4.78, 5) is 27.6. The summed E-state index contributed by atoms with van der Waals surface area (Å²) in [6.45, 7) is 4.60. The van der Waals surface area contributed by atoms with Gasteiger partial charge in [0, 0.05) is 36.4 Å². The van der Waals surface area contributed by atoms with E-state index in [9.17, 15) is 18.0 Å². The van der Waals surface area contributed by atoms with Crippen LogP contribution in [-0.4, -0.2) is 59.0 Å². The highest BCUT2D eigenvalue weighted by Gasteiger charge is 2.32. The molecule has 0 bridgehead atoms. The van der Waals surface area contributed by atoms with E-state index in [1.807, 2.05) is 37.3 Å². The van der Waals surface area contributed by atoms with Crippen LogP contribution in [0.25, 0.3) is 11.1 Å². The quantitative estimate of drug-likeness (QED) is 0.296. The number of aromatic nitrogens is 1. The fourth-order valence-electron chi connectivity index (χ4n) is 4.29. The minimum absolute atomic E-state index is 0.0156. The minimum Gasteiger partial charge on any atom is -0.480 e. The smallest absolute Gasteiger partial charge is 0.328 e. The van der Waals surface area contributed by atoms with Crippen molar-refractivity contribution < 1.29 is 28.2 Å². The maximum Gasteiger partial charge on any atom is 0.328 e. The van der Waals surface area contributed by atoms with E-state index in [2.05, 4.69) is 10.3 Å². The number of hydrogen-bond acceptors (Lipinski definition) is 6. The Kier molecular flexibility index (Phi) is 10.2. The van der Waals surface area contributed by atoms with E-state index in [4.69, 9.17) is 21.8 Å². The van der Waals surface area contributed by atoms with Crippen molar-refractivity contribution in [3.63, 3.8) is 0 Å². The van der Waals surface area contributed by atoms with E-state index in [-0.39, 0.29) is 24.3 Å². The minimum atomic E-state index is -4.05. The second-order valence-electron chi connectivity index (χ2n) is 9.22. The number of pyridine rings is 1. The molecular formula is C28H32ClN3O6S. The van der Waals surface area contributed by atoms with Gasteiger partial charge in [-0.1, -0.05) is 35.9 Å². The standard InChI is InChI=1S/C28H32ClN3O6S/c1-18-16-30-13-12-23(18)22-8-4-7-21(15-22)20(3)32(14-6-11-27(34)31-25(17-33)28(35)36)39(37,38)26-10-5-9-24(29)19(26)2/h4-5,7-10,12-13,15-16,20,25,33H,6,11,14,17H2,1-3H3,(H,31,34)(H,35,36). The van der Waals surface area contributed by atoms with E-state index in [1.165, 1.54) is 10.4 Å². The Labute approximate surface area is 233 Å². The Bertz CT molecular complexity index is 1450. The van der Waals surface area contributed by atoms with Crippen molar-refractivity contribution in [3.05, 3.63) is 82.6 Å². The van der Waals surface area contributed by atoms with E-state index in [1.54, 1.807) is 38.4 Å². The number of halogens is 1. The third-order valence-corrected chi connectivity index (χ3v) is 9.06. The maximum absolute atomic E-state index is 14.0. The number of aliphatic hydroxyl groups excluding tert-OH is 1. The number of carboxylic acid groups (broad SMARTS) is 1. The van der Waals surface area contributed by atoms with Crippen molar-refractivity contribution in [2.75, 3.05) is 13.2 Å². The van der Waals surface area contributed by atoms with Crippen LogP contribution in [0, 0.1) is 13.8 Å². The molecule has 1 aromatic heterocycles. The van der Waals surface area contributed by atoms with Crippen molar-refractivity contribution >= 4 is 33.5 Å². The maximum atomic E-state index is 14.0. The zero-order chi connectivity index (χ0) is 28.7. The lowest BCUT2D eigenvalue weighted by molar-refractivity contribution is -0.142. The summed E-state index contributed by atoms with van der Waals surface area (Å²) in [5.74, 6) is -1.96. The van der Waals surface area contributed by atoms with Crippen LogP contribution in [0.4, 0.5) is 0 Å². The first-order chi connectivity index (χ1) is 18.5. The van der Waals surface area contributed by atoms with E-state index < -0.39 is 40.6 Å². The largest absolute Gasteiger partial charge is 0.480 e. The van der Waals surface area contributed by atoms with Gasteiger partial charge in [0.1, 0.15) is 6.04 Å². The molecule has 2 atom stereocenters. The molecule has 9 nitrogen and oxygen atoms in total. The van der Waals surface area contributed by atoms with Gasteiger partial charge in [0.05, 0.1) is 11.5 Å². The first-order valence-electron chi connectivity index (χ1n) is 12.4. The lowest BCUT2D eigenvalue weighted by Crippen LogP contribution is -2.43. The summed E-state index contributed by atoms with van der Waals surface area (Å²) < 4.78 is 29.3. The second kappa shape index (κ2) is 13.2. The van der Waals surface area contributed by atoms with Crippen LogP contribution in [0.2, 0.25) is 5.02 Å². The molecule has 0 spiro atoms. The molecule has 2 unspecified atom stereocenters. The van der Waals surface area contributed by atoms with E-state index >= 15 is 0 Å². The van der Waals surface area contributed by atoms with Crippen molar-refractivity contribution in [1.29, 1.82) is 0 Å². The van der Waals surface area contributed by atoms with Crippen LogP contribution in [0.1, 0.15) is 42.5 Å². The summed E-state index contributed by atoms with van der Waals surface area (Å²) in [5.41, 5.74) is 4.05. The first kappa shape index (κ1) is 30.2. The van der Waals surface area contributed by atoms with E-state index in [0.29, 0.717) is 10.6 Å². The van der Waals surface area contributed by atoms with Gasteiger partial charge in [-0.3, -0.25) is 9.78 Å². The molecule has 0 radical (unpaired) electrons. The third-order valence-electron chi connectivity index (χ3n) is 6.54. The summed E-state index contributed by atoms with van der Waals surface area (Å²) in [6, 6.07) is 12.2. The first-order valence-corrected chi connectivity index (χ1v) is 14.2. The summed E-state index contributed by atoms with van der Waals surface area (Å²) in [5, 5.41) is 20.8. The highest BCUT2D eigenvalue weighted by atomic mass is 35.5. The third kappa shape index (κ3) is 7.21. The lowest BCUT2D eigenvalue weighted by Gasteiger charge is -2.30. The molecule has 2 aromatic carbocycles. The average Bonchev–Trinajstić information content (AvgIpc) is 2.90. The highest BCUT2D eigenvalue weighted by Crippen LogP contribution is 2.33. The topological polar surface area (TPSA) is 137 Å². The summed E-state index contributed by atoms with van der Waals surface area (Å²) in [7, 11) is -4.05. The van der Waals surface area contributed by atoms with Crippen molar-refractivity contribution in [3.8, 4) is 11.1 Å². The number of rotatable bonds is 12. The summed E-state index contributed by atoms with van der Waals surface area (Å²) in [6.07, 6.45) is 3.46. The molecule has 1 amide bonds. The number of carbonyl (C=O) groups excluding carboxylic acids is 1. The molecule has 0 saturated carbocycles. The highest BCUT2D eigenvalue weighted by molar-refractivity contribution is 7.89. The molecule has 3 aromatic rings. The van der Waals surface area contributed by atoms with Crippen molar-refractivity contribution in [2.24, 2.45) is 0 Å². The van der Waals surface area contributed by atoms with Gasteiger partial charge in [0.15, 0.2) is 0 Å². The fraction of sp³-hybridized carbons (Fsp3) is 0.321. The number of aryl methyl sites for hydroxylation is 1. The molecule has 3 rings (SSSR count). The molecule has 0 aliphatic carbocycles. The number of amides is 1. The van der Waals surface area contributed by atoms with Gasteiger partial charge in [0.25, 0.3) is 0 Å². The molecular weight excluding hydrogens is 542 g/mol. The number of nitrogens with one attached hydrogen (secondary N) is 1. The number of aliphatic carboxylic acids is 1. The fourth-order valence-corrected chi connectivity index (χ4v) is 6.43. The SMILES string of the molecule is Cc1cnccc1-c1cccc(C(C)N(CCCC(=O)NC(CO)C(=O)O)S(=O)(=O)c2cccc(Cl)c2C)c1. The molecule has 0 aliphatic rings.